The second-order valence-corrected chi connectivity index (χ2v) is 6.34. The van der Waals surface area contributed by atoms with Gasteiger partial charge in [0.05, 0.1) is 12.1 Å². The van der Waals surface area contributed by atoms with E-state index in [0.29, 0.717) is 5.92 Å². The molecule has 0 radical (unpaired) electrons. The van der Waals surface area contributed by atoms with Gasteiger partial charge in [0.15, 0.2) is 0 Å². The molecule has 1 aromatic carbocycles. The second-order valence-electron chi connectivity index (χ2n) is 6.34. The number of fused-ring (bicyclic) bond motifs is 1. The van der Waals surface area contributed by atoms with Crippen molar-refractivity contribution in [3.05, 3.63) is 29.8 Å². The van der Waals surface area contributed by atoms with Crippen molar-refractivity contribution in [3.63, 3.8) is 0 Å². The molecule has 0 aliphatic heterocycles. The van der Waals surface area contributed by atoms with Gasteiger partial charge in [0, 0.05) is 5.56 Å². The van der Waals surface area contributed by atoms with Gasteiger partial charge in [0.2, 0.25) is 0 Å². The number of hydrazine groups is 1. The molecule has 0 spiro atoms. The first-order valence-electron chi connectivity index (χ1n) is 7.40. The van der Waals surface area contributed by atoms with Crippen LogP contribution in [0.15, 0.2) is 24.3 Å². The first-order valence-corrected chi connectivity index (χ1v) is 7.40. The zero-order chi connectivity index (χ0) is 13.4. The highest BCUT2D eigenvalue weighted by molar-refractivity contribution is 5.36. The molecule has 0 amide bonds. The van der Waals surface area contributed by atoms with Crippen LogP contribution in [0, 0.1) is 17.8 Å². The summed E-state index contributed by atoms with van der Waals surface area (Å²) in [5.74, 6) is 9.41. The third-order valence-corrected chi connectivity index (χ3v) is 4.55. The van der Waals surface area contributed by atoms with Gasteiger partial charge in [0.1, 0.15) is 5.75 Å². The summed E-state index contributed by atoms with van der Waals surface area (Å²) in [6.07, 6.45) is 4.26. The molecule has 3 unspecified atom stereocenters. The summed E-state index contributed by atoms with van der Waals surface area (Å²) in [4.78, 5) is 0. The third kappa shape index (κ3) is 2.63. The maximum atomic E-state index is 5.93. The molecule has 104 valence electrons. The minimum atomic E-state index is 0.191. The lowest BCUT2D eigenvalue weighted by Crippen LogP contribution is -2.33. The predicted molar refractivity (Wildman–Crippen MR) is 76.6 cm³/mol. The Hall–Kier alpha value is -1.06. The van der Waals surface area contributed by atoms with Crippen LogP contribution >= 0.6 is 0 Å². The zero-order valence-electron chi connectivity index (χ0n) is 11.8. The van der Waals surface area contributed by atoms with Gasteiger partial charge in [-0.2, -0.15) is 0 Å². The molecular formula is C16H24N2O. The van der Waals surface area contributed by atoms with Crippen LogP contribution in [-0.2, 0) is 0 Å². The molecule has 0 bridgehead atoms. The number of rotatable bonds is 5. The molecule has 3 N–H and O–H groups in total. The Morgan fingerprint density at radius 3 is 2.47 bits per heavy atom. The van der Waals surface area contributed by atoms with Gasteiger partial charge >= 0.3 is 0 Å². The first-order chi connectivity index (χ1) is 9.19. The Kier molecular flexibility index (Phi) is 3.50. The van der Waals surface area contributed by atoms with E-state index in [-0.39, 0.29) is 12.1 Å². The van der Waals surface area contributed by atoms with Crippen LogP contribution in [-0.4, -0.2) is 6.10 Å². The Balaban J connectivity index is 1.81. The predicted octanol–water partition coefficient (Wildman–Crippen LogP) is 3.02. The van der Waals surface area contributed by atoms with Crippen molar-refractivity contribution < 1.29 is 4.74 Å². The van der Waals surface area contributed by atoms with Gasteiger partial charge in [-0.1, -0.05) is 18.2 Å². The fourth-order valence-corrected chi connectivity index (χ4v) is 3.61. The number of hydrogen-bond acceptors (Lipinski definition) is 3. The fraction of sp³-hybridized carbons (Fsp3) is 0.625. The highest BCUT2D eigenvalue weighted by Gasteiger charge is 2.48. The Morgan fingerprint density at radius 2 is 1.84 bits per heavy atom. The van der Waals surface area contributed by atoms with Crippen LogP contribution in [0.2, 0.25) is 0 Å². The van der Waals surface area contributed by atoms with Crippen molar-refractivity contribution in [2.75, 3.05) is 0 Å². The van der Waals surface area contributed by atoms with Crippen LogP contribution in [0.5, 0.6) is 5.75 Å². The van der Waals surface area contributed by atoms with Gasteiger partial charge in [-0.05, 0) is 56.9 Å². The summed E-state index contributed by atoms with van der Waals surface area (Å²) in [6.45, 7) is 4.12. The molecule has 3 rings (SSSR count). The second kappa shape index (κ2) is 5.14. The molecule has 3 nitrogen and oxygen atoms in total. The Labute approximate surface area is 115 Å². The van der Waals surface area contributed by atoms with Crippen molar-refractivity contribution in [2.45, 2.75) is 45.3 Å². The summed E-state index contributed by atoms with van der Waals surface area (Å²) in [5.41, 5.74) is 4.25. The van der Waals surface area contributed by atoms with Crippen molar-refractivity contribution in [3.8, 4) is 5.75 Å². The van der Waals surface area contributed by atoms with Crippen molar-refractivity contribution in [1.29, 1.82) is 0 Å². The van der Waals surface area contributed by atoms with E-state index >= 15 is 0 Å². The van der Waals surface area contributed by atoms with E-state index < -0.39 is 0 Å². The van der Waals surface area contributed by atoms with Gasteiger partial charge < -0.3 is 4.74 Å². The summed E-state index contributed by atoms with van der Waals surface area (Å²) in [7, 11) is 0. The van der Waals surface area contributed by atoms with E-state index in [4.69, 9.17) is 10.6 Å². The maximum absolute atomic E-state index is 5.93. The molecule has 0 saturated heterocycles. The normalized spacial score (nSPS) is 30.2. The molecule has 3 heteroatoms. The minimum Gasteiger partial charge on any atom is -0.491 e. The van der Waals surface area contributed by atoms with Crippen LogP contribution < -0.4 is 16.0 Å². The molecule has 2 aliphatic rings. The minimum absolute atomic E-state index is 0.191. The number of nitrogens with one attached hydrogen (secondary N) is 1. The lowest BCUT2D eigenvalue weighted by molar-refractivity contribution is 0.232. The van der Waals surface area contributed by atoms with E-state index in [1.807, 2.05) is 6.07 Å². The lowest BCUT2D eigenvalue weighted by Gasteiger charge is -2.27. The molecule has 1 aromatic rings. The van der Waals surface area contributed by atoms with Crippen LogP contribution in [0.25, 0.3) is 0 Å². The first kappa shape index (κ1) is 12.9. The maximum Gasteiger partial charge on any atom is 0.124 e. The van der Waals surface area contributed by atoms with Crippen LogP contribution in [0.4, 0.5) is 0 Å². The van der Waals surface area contributed by atoms with Gasteiger partial charge in [0.25, 0.3) is 0 Å². The number of hydrogen-bond donors (Lipinski definition) is 2. The smallest absolute Gasteiger partial charge is 0.124 e. The number of benzene rings is 1. The van der Waals surface area contributed by atoms with E-state index in [1.54, 1.807) is 0 Å². The summed E-state index contributed by atoms with van der Waals surface area (Å²) in [6, 6.07) is 8.52. The van der Waals surface area contributed by atoms with E-state index in [9.17, 15) is 0 Å². The SMILES string of the molecule is CC(C)Oc1ccccc1C(NN)C1CC2CC2C1. The molecule has 3 atom stereocenters. The van der Waals surface area contributed by atoms with Crippen molar-refractivity contribution in [1.82, 2.24) is 5.43 Å². The topological polar surface area (TPSA) is 47.3 Å². The molecule has 0 heterocycles. The number of ether oxygens (including phenoxy) is 1. The highest BCUT2D eigenvalue weighted by atomic mass is 16.5. The lowest BCUT2D eigenvalue weighted by atomic mass is 9.89. The summed E-state index contributed by atoms with van der Waals surface area (Å²) in [5, 5.41) is 0. The molecule has 19 heavy (non-hydrogen) atoms. The van der Waals surface area contributed by atoms with Gasteiger partial charge in [-0.15, -0.1) is 0 Å². The molecule has 2 fully saturated rings. The van der Waals surface area contributed by atoms with E-state index in [1.165, 1.54) is 24.8 Å². The summed E-state index contributed by atoms with van der Waals surface area (Å²) < 4.78 is 5.93. The molecule has 2 aliphatic carbocycles. The number of nitrogens with two attached hydrogens (primary N) is 1. The average Bonchev–Trinajstić information content (AvgIpc) is 2.99. The van der Waals surface area contributed by atoms with Gasteiger partial charge in [-0.25, -0.2) is 0 Å². The zero-order valence-corrected chi connectivity index (χ0v) is 11.8. The van der Waals surface area contributed by atoms with E-state index in [2.05, 4.69) is 37.5 Å². The number of para-hydroxylation sites is 1. The fourth-order valence-electron chi connectivity index (χ4n) is 3.61. The molecular weight excluding hydrogens is 236 g/mol. The Morgan fingerprint density at radius 1 is 1.16 bits per heavy atom. The average molecular weight is 260 g/mol. The quantitative estimate of drug-likeness (QED) is 0.632. The van der Waals surface area contributed by atoms with Crippen molar-refractivity contribution in [2.24, 2.45) is 23.6 Å². The molecule has 0 aromatic heterocycles. The van der Waals surface area contributed by atoms with E-state index in [0.717, 1.165) is 17.6 Å². The molecule has 2 saturated carbocycles. The monoisotopic (exact) mass is 260 g/mol. The highest BCUT2D eigenvalue weighted by Crippen LogP contribution is 2.57. The van der Waals surface area contributed by atoms with Gasteiger partial charge in [-0.3, -0.25) is 11.3 Å². The summed E-state index contributed by atoms with van der Waals surface area (Å²) >= 11 is 0. The van der Waals surface area contributed by atoms with Crippen LogP contribution in [0.3, 0.4) is 0 Å². The van der Waals surface area contributed by atoms with Crippen LogP contribution in [0.1, 0.15) is 44.7 Å². The Bertz CT molecular complexity index is 436. The van der Waals surface area contributed by atoms with Crippen molar-refractivity contribution >= 4 is 0 Å². The largest absolute Gasteiger partial charge is 0.491 e. The standard InChI is InChI=1S/C16H24N2O/c1-10(2)19-15-6-4-3-5-14(15)16(18-17)13-8-11-7-12(11)9-13/h3-6,10-13,16,18H,7-9,17H2,1-2H3. The third-order valence-electron chi connectivity index (χ3n) is 4.55.